The lowest BCUT2D eigenvalue weighted by Crippen LogP contribution is -2.43. The second kappa shape index (κ2) is 7.30. The number of halogens is 1. The van der Waals surface area contributed by atoms with Crippen molar-refractivity contribution >= 4 is 17.3 Å². The molecule has 4 heteroatoms. The van der Waals surface area contributed by atoms with Crippen molar-refractivity contribution in [3.05, 3.63) is 28.8 Å². The zero-order valence-corrected chi connectivity index (χ0v) is 13.2. The van der Waals surface area contributed by atoms with E-state index in [0.29, 0.717) is 12.5 Å². The quantitative estimate of drug-likeness (QED) is 0.820. The Balaban J connectivity index is 2.16. The van der Waals surface area contributed by atoms with Crippen LogP contribution in [0.15, 0.2) is 18.2 Å². The summed E-state index contributed by atoms with van der Waals surface area (Å²) in [5.74, 6) is 0.371. The monoisotopic (exact) mass is 296 g/mol. The molecule has 2 rings (SSSR count). The van der Waals surface area contributed by atoms with Gasteiger partial charge >= 0.3 is 0 Å². The van der Waals surface area contributed by atoms with Gasteiger partial charge in [-0.3, -0.25) is 0 Å². The highest BCUT2D eigenvalue weighted by atomic mass is 35.5. The third kappa shape index (κ3) is 3.66. The van der Waals surface area contributed by atoms with Crippen molar-refractivity contribution in [1.82, 2.24) is 5.32 Å². The molecule has 0 radical (unpaired) electrons. The Morgan fingerprint density at radius 1 is 1.45 bits per heavy atom. The number of para-hydroxylation sites is 1. The highest BCUT2D eigenvalue weighted by molar-refractivity contribution is 6.33. The first-order valence-corrected chi connectivity index (χ1v) is 7.92. The maximum Gasteiger partial charge on any atom is 0.0741 e. The van der Waals surface area contributed by atoms with Crippen molar-refractivity contribution in [3.8, 4) is 0 Å². The molecule has 2 N–H and O–H groups in total. The van der Waals surface area contributed by atoms with Gasteiger partial charge in [-0.05, 0) is 36.9 Å². The fraction of sp³-hybridized carbons (Fsp3) is 0.625. The van der Waals surface area contributed by atoms with E-state index in [1.807, 2.05) is 12.1 Å². The fourth-order valence-electron chi connectivity index (χ4n) is 2.71. The van der Waals surface area contributed by atoms with Crippen molar-refractivity contribution in [2.24, 2.45) is 5.92 Å². The van der Waals surface area contributed by atoms with Crippen LogP contribution >= 0.6 is 11.6 Å². The molecule has 2 atom stereocenters. The molecule has 20 heavy (non-hydrogen) atoms. The predicted octanol–water partition coefficient (Wildman–Crippen LogP) is 3.05. The Morgan fingerprint density at radius 2 is 2.25 bits per heavy atom. The first-order valence-electron chi connectivity index (χ1n) is 7.54. The number of hydrogen-bond acceptors (Lipinski definition) is 3. The summed E-state index contributed by atoms with van der Waals surface area (Å²) < 4.78 is 0. The molecule has 0 bridgehead atoms. The number of benzene rings is 1. The first-order chi connectivity index (χ1) is 9.63. The van der Waals surface area contributed by atoms with Gasteiger partial charge in [-0.2, -0.15) is 0 Å². The highest BCUT2D eigenvalue weighted by Crippen LogP contribution is 2.33. The first kappa shape index (κ1) is 15.6. The molecule has 1 aromatic rings. The normalized spacial score (nSPS) is 23.1. The lowest BCUT2D eigenvalue weighted by molar-refractivity contribution is 0.103. The van der Waals surface area contributed by atoms with E-state index in [1.54, 1.807) is 0 Å². The van der Waals surface area contributed by atoms with Gasteiger partial charge in [0.15, 0.2) is 0 Å². The predicted molar refractivity (Wildman–Crippen MR) is 85.5 cm³/mol. The van der Waals surface area contributed by atoms with E-state index in [1.165, 1.54) is 5.56 Å². The SMILES string of the molecule is CCCNCc1cccc(Cl)c1N1CCC(C)C(O)C1. The third-order valence-corrected chi connectivity index (χ3v) is 4.35. The zero-order chi connectivity index (χ0) is 14.5. The van der Waals surface area contributed by atoms with E-state index in [-0.39, 0.29) is 6.10 Å². The molecule has 2 unspecified atom stereocenters. The van der Waals surface area contributed by atoms with Gasteiger partial charge in [-0.1, -0.05) is 37.6 Å². The van der Waals surface area contributed by atoms with Gasteiger partial charge in [0.25, 0.3) is 0 Å². The molecule has 0 aliphatic carbocycles. The number of nitrogens with zero attached hydrogens (tertiary/aromatic N) is 1. The van der Waals surface area contributed by atoms with Gasteiger partial charge in [0.2, 0.25) is 0 Å². The number of piperidine rings is 1. The van der Waals surface area contributed by atoms with E-state index in [9.17, 15) is 5.11 Å². The van der Waals surface area contributed by atoms with Gasteiger partial charge in [0.05, 0.1) is 16.8 Å². The summed E-state index contributed by atoms with van der Waals surface area (Å²) in [7, 11) is 0. The average molecular weight is 297 g/mol. The fourth-order valence-corrected chi connectivity index (χ4v) is 3.02. The van der Waals surface area contributed by atoms with Crippen molar-refractivity contribution in [2.45, 2.75) is 39.3 Å². The minimum atomic E-state index is -0.267. The summed E-state index contributed by atoms with van der Waals surface area (Å²) >= 11 is 6.41. The van der Waals surface area contributed by atoms with Crippen LogP contribution in [0.5, 0.6) is 0 Å². The average Bonchev–Trinajstić information content (AvgIpc) is 2.43. The van der Waals surface area contributed by atoms with Crippen LogP contribution in [0, 0.1) is 5.92 Å². The second-order valence-electron chi connectivity index (χ2n) is 5.70. The molecule has 112 valence electrons. The lowest BCUT2D eigenvalue weighted by Gasteiger charge is -2.37. The van der Waals surface area contributed by atoms with Crippen LogP contribution in [-0.4, -0.2) is 30.8 Å². The number of aliphatic hydroxyl groups is 1. The standard InChI is InChI=1S/C16H25ClN2O/c1-3-8-18-10-13-5-4-6-14(17)16(13)19-9-7-12(2)15(20)11-19/h4-6,12,15,18,20H,3,7-11H2,1-2H3. The summed E-state index contributed by atoms with van der Waals surface area (Å²) in [6.45, 7) is 7.73. The van der Waals surface area contributed by atoms with Crippen LogP contribution in [0.3, 0.4) is 0 Å². The van der Waals surface area contributed by atoms with Crippen molar-refractivity contribution in [2.75, 3.05) is 24.5 Å². The van der Waals surface area contributed by atoms with Crippen molar-refractivity contribution < 1.29 is 5.11 Å². The Kier molecular flexibility index (Phi) is 5.70. The largest absolute Gasteiger partial charge is 0.391 e. The molecule has 1 fully saturated rings. The molecule has 1 aliphatic rings. The van der Waals surface area contributed by atoms with Crippen LogP contribution < -0.4 is 10.2 Å². The second-order valence-corrected chi connectivity index (χ2v) is 6.11. The van der Waals surface area contributed by atoms with Gasteiger partial charge in [-0.25, -0.2) is 0 Å². The molecular formula is C16H25ClN2O. The number of aliphatic hydroxyl groups excluding tert-OH is 1. The molecule has 0 aromatic heterocycles. The van der Waals surface area contributed by atoms with Crippen LogP contribution in [0.25, 0.3) is 0 Å². The van der Waals surface area contributed by atoms with Crippen LogP contribution in [-0.2, 0) is 6.54 Å². The molecule has 1 aromatic carbocycles. The van der Waals surface area contributed by atoms with E-state index in [4.69, 9.17) is 11.6 Å². The van der Waals surface area contributed by atoms with Crippen molar-refractivity contribution in [3.63, 3.8) is 0 Å². The third-order valence-electron chi connectivity index (χ3n) is 4.05. The maximum absolute atomic E-state index is 10.1. The summed E-state index contributed by atoms with van der Waals surface area (Å²) in [6, 6.07) is 6.05. The van der Waals surface area contributed by atoms with Crippen LogP contribution in [0.2, 0.25) is 5.02 Å². The maximum atomic E-state index is 10.1. The molecule has 1 aliphatic heterocycles. The molecule has 1 heterocycles. The number of nitrogens with one attached hydrogen (secondary N) is 1. The topological polar surface area (TPSA) is 35.5 Å². The molecule has 1 saturated heterocycles. The van der Waals surface area contributed by atoms with E-state index in [0.717, 1.165) is 43.2 Å². The summed E-state index contributed by atoms with van der Waals surface area (Å²) in [5.41, 5.74) is 2.30. The lowest BCUT2D eigenvalue weighted by atomic mass is 9.95. The highest BCUT2D eigenvalue weighted by Gasteiger charge is 2.26. The molecule has 0 spiro atoms. The summed E-state index contributed by atoms with van der Waals surface area (Å²) in [5, 5.41) is 14.3. The Morgan fingerprint density at radius 3 is 2.95 bits per heavy atom. The minimum absolute atomic E-state index is 0.267. The van der Waals surface area contributed by atoms with E-state index >= 15 is 0 Å². The van der Waals surface area contributed by atoms with Crippen LogP contribution in [0.4, 0.5) is 5.69 Å². The van der Waals surface area contributed by atoms with Gasteiger partial charge in [0.1, 0.15) is 0 Å². The minimum Gasteiger partial charge on any atom is -0.391 e. The van der Waals surface area contributed by atoms with Gasteiger partial charge in [0, 0.05) is 19.6 Å². The van der Waals surface area contributed by atoms with E-state index < -0.39 is 0 Å². The van der Waals surface area contributed by atoms with Crippen LogP contribution in [0.1, 0.15) is 32.3 Å². The van der Waals surface area contributed by atoms with E-state index in [2.05, 4.69) is 30.1 Å². The van der Waals surface area contributed by atoms with Crippen molar-refractivity contribution in [1.29, 1.82) is 0 Å². The summed E-state index contributed by atoms with van der Waals surface area (Å²) in [4.78, 5) is 2.23. The van der Waals surface area contributed by atoms with Gasteiger partial charge in [-0.15, -0.1) is 0 Å². The smallest absolute Gasteiger partial charge is 0.0741 e. The number of hydrogen-bond donors (Lipinski definition) is 2. The molecule has 0 amide bonds. The number of β-amino-alcohol motifs (C(OH)–C–C–N with tert-alkyl or cyclic N) is 1. The molecular weight excluding hydrogens is 272 g/mol. The molecule has 0 saturated carbocycles. The number of rotatable bonds is 5. The number of anilines is 1. The summed E-state index contributed by atoms with van der Waals surface area (Å²) in [6.07, 6.45) is 1.86. The Bertz CT molecular complexity index is 438. The zero-order valence-electron chi connectivity index (χ0n) is 12.4. The van der Waals surface area contributed by atoms with Gasteiger partial charge < -0.3 is 15.3 Å². The molecule has 3 nitrogen and oxygen atoms in total. The Hall–Kier alpha value is -0.770. The Labute approximate surface area is 126 Å².